The molecule has 1 heterocycles. The fourth-order valence-electron chi connectivity index (χ4n) is 1.03. The molecule has 0 saturated heterocycles. The maximum absolute atomic E-state index is 12.7. The van der Waals surface area contributed by atoms with Crippen molar-refractivity contribution in [2.45, 2.75) is 0 Å². The van der Waals surface area contributed by atoms with Crippen LogP contribution in [0.5, 0.6) is 0 Å². The number of aromatic amines is 1. The van der Waals surface area contributed by atoms with Crippen molar-refractivity contribution in [1.29, 1.82) is 0 Å². The Labute approximate surface area is 85.9 Å². The van der Waals surface area contributed by atoms with Gasteiger partial charge in [0.1, 0.15) is 5.82 Å². The van der Waals surface area contributed by atoms with Gasteiger partial charge in [0, 0.05) is 10.0 Å². The van der Waals surface area contributed by atoms with E-state index in [4.69, 9.17) is 0 Å². The molecule has 4 nitrogen and oxygen atoms in total. The molecule has 14 heavy (non-hydrogen) atoms. The van der Waals surface area contributed by atoms with Crippen molar-refractivity contribution in [3.05, 3.63) is 39.0 Å². The largest absolute Gasteiger partial charge is 0.439 e. The molecule has 1 aromatic heterocycles. The van der Waals surface area contributed by atoms with Gasteiger partial charge in [0.05, 0.1) is 0 Å². The summed E-state index contributed by atoms with van der Waals surface area (Å²) in [5, 5.41) is 3.48. The second kappa shape index (κ2) is 3.38. The van der Waals surface area contributed by atoms with Gasteiger partial charge in [-0.15, -0.1) is 0 Å². The molecule has 6 heteroatoms. The zero-order valence-corrected chi connectivity index (χ0v) is 8.34. The molecule has 2 rings (SSSR count). The van der Waals surface area contributed by atoms with E-state index in [9.17, 15) is 9.18 Å². The fourth-order valence-corrected chi connectivity index (χ4v) is 1.57. The standard InChI is InChI=1S/C8H4BrFN2O2/c9-6-3-4(10)1-2-5(6)7-11-8(13)14-12-7/h1-3H,(H,11,12,13). The molecule has 0 saturated carbocycles. The number of hydrogen-bond acceptors (Lipinski definition) is 3. The first kappa shape index (κ1) is 9.14. The minimum absolute atomic E-state index is 0.266. The summed E-state index contributed by atoms with van der Waals surface area (Å²) in [5.74, 6) is -0.746. The highest BCUT2D eigenvalue weighted by molar-refractivity contribution is 9.10. The van der Waals surface area contributed by atoms with Gasteiger partial charge in [-0.3, -0.25) is 9.51 Å². The van der Waals surface area contributed by atoms with Crippen LogP contribution < -0.4 is 5.76 Å². The molecule has 0 radical (unpaired) electrons. The number of H-pyrrole nitrogens is 1. The van der Waals surface area contributed by atoms with Crippen molar-refractivity contribution >= 4 is 15.9 Å². The molecule has 0 aliphatic rings. The van der Waals surface area contributed by atoms with E-state index in [1.807, 2.05) is 0 Å². The minimum atomic E-state index is -0.642. The number of hydrogen-bond donors (Lipinski definition) is 1. The monoisotopic (exact) mass is 258 g/mol. The lowest BCUT2D eigenvalue weighted by molar-refractivity contribution is 0.388. The molecule has 0 amide bonds. The second-order valence-electron chi connectivity index (χ2n) is 2.57. The summed E-state index contributed by atoms with van der Waals surface area (Å²) in [6.07, 6.45) is 0. The van der Waals surface area contributed by atoms with Crippen molar-refractivity contribution < 1.29 is 8.91 Å². The lowest BCUT2D eigenvalue weighted by Gasteiger charge is -1.98. The Hall–Kier alpha value is -1.43. The van der Waals surface area contributed by atoms with E-state index in [1.165, 1.54) is 18.2 Å². The zero-order chi connectivity index (χ0) is 10.1. The number of rotatable bonds is 1. The normalized spacial score (nSPS) is 10.4. The van der Waals surface area contributed by atoms with Gasteiger partial charge >= 0.3 is 5.76 Å². The molecule has 0 fully saturated rings. The van der Waals surface area contributed by atoms with E-state index < -0.39 is 5.76 Å². The van der Waals surface area contributed by atoms with Gasteiger partial charge in [-0.05, 0) is 34.1 Å². The van der Waals surface area contributed by atoms with Crippen molar-refractivity contribution in [2.75, 3.05) is 0 Å². The van der Waals surface area contributed by atoms with Gasteiger partial charge in [-0.2, -0.15) is 0 Å². The van der Waals surface area contributed by atoms with Crippen LogP contribution in [0, 0.1) is 5.82 Å². The van der Waals surface area contributed by atoms with E-state index in [0.29, 0.717) is 10.0 Å². The summed E-state index contributed by atoms with van der Waals surface area (Å²) in [7, 11) is 0. The molecule has 2 aromatic rings. The van der Waals surface area contributed by atoms with Crippen LogP contribution in [-0.2, 0) is 0 Å². The van der Waals surface area contributed by atoms with Crippen LogP contribution in [-0.4, -0.2) is 10.1 Å². The number of halogens is 2. The van der Waals surface area contributed by atoms with E-state index in [2.05, 4.69) is 30.6 Å². The first-order chi connectivity index (χ1) is 6.66. The summed E-state index contributed by atoms with van der Waals surface area (Å²) >= 11 is 3.15. The summed E-state index contributed by atoms with van der Waals surface area (Å²) in [5.41, 5.74) is 0.567. The predicted octanol–water partition coefficient (Wildman–Crippen LogP) is 1.93. The number of nitrogens with zero attached hydrogens (tertiary/aromatic N) is 1. The molecule has 0 bridgehead atoms. The van der Waals surface area contributed by atoms with Gasteiger partial charge in [0.15, 0.2) is 5.82 Å². The van der Waals surface area contributed by atoms with Crippen LogP contribution in [0.2, 0.25) is 0 Å². The summed E-state index contributed by atoms with van der Waals surface area (Å²) < 4.78 is 17.6. The molecule has 1 aromatic carbocycles. The number of nitrogens with one attached hydrogen (secondary N) is 1. The molecule has 0 spiro atoms. The smallest absolute Gasteiger partial charge is 0.296 e. The molecule has 1 N–H and O–H groups in total. The van der Waals surface area contributed by atoms with Crippen LogP contribution in [0.15, 0.2) is 32.0 Å². The van der Waals surface area contributed by atoms with E-state index in [-0.39, 0.29) is 11.6 Å². The first-order valence-electron chi connectivity index (χ1n) is 3.68. The van der Waals surface area contributed by atoms with E-state index in [1.54, 1.807) is 0 Å². The number of benzene rings is 1. The first-order valence-corrected chi connectivity index (χ1v) is 4.47. The summed E-state index contributed by atoms with van der Waals surface area (Å²) in [4.78, 5) is 13.0. The minimum Gasteiger partial charge on any atom is -0.296 e. The molecule has 0 aliphatic heterocycles. The fraction of sp³-hybridized carbons (Fsp3) is 0. The Bertz CT molecular complexity index is 520. The Balaban J connectivity index is 2.57. The van der Waals surface area contributed by atoms with Gasteiger partial charge in [0.2, 0.25) is 0 Å². The van der Waals surface area contributed by atoms with Crippen LogP contribution >= 0.6 is 15.9 Å². The Kier molecular flexibility index (Phi) is 2.20. The lowest BCUT2D eigenvalue weighted by atomic mass is 10.2. The van der Waals surface area contributed by atoms with E-state index >= 15 is 0 Å². The van der Waals surface area contributed by atoms with Crippen molar-refractivity contribution in [1.82, 2.24) is 10.1 Å². The van der Waals surface area contributed by atoms with Gasteiger partial charge in [-0.25, -0.2) is 9.18 Å². The van der Waals surface area contributed by atoms with Crippen LogP contribution in [0.1, 0.15) is 0 Å². The molecule has 0 aliphatic carbocycles. The van der Waals surface area contributed by atoms with Gasteiger partial charge in [-0.1, -0.05) is 5.16 Å². The van der Waals surface area contributed by atoms with Crippen LogP contribution in [0.25, 0.3) is 11.4 Å². The Morgan fingerprint density at radius 2 is 2.29 bits per heavy atom. The maximum atomic E-state index is 12.7. The molecule has 0 unspecified atom stereocenters. The second-order valence-corrected chi connectivity index (χ2v) is 3.42. The van der Waals surface area contributed by atoms with Crippen LogP contribution in [0.4, 0.5) is 4.39 Å². The summed E-state index contributed by atoms with van der Waals surface area (Å²) in [6.45, 7) is 0. The Morgan fingerprint density at radius 3 is 2.86 bits per heavy atom. The summed E-state index contributed by atoms with van der Waals surface area (Å²) in [6, 6.07) is 4.04. The van der Waals surface area contributed by atoms with Gasteiger partial charge < -0.3 is 0 Å². The average Bonchev–Trinajstić information content (AvgIpc) is 2.51. The van der Waals surface area contributed by atoms with Crippen LogP contribution in [0.3, 0.4) is 0 Å². The molecular weight excluding hydrogens is 255 g/mol. The Morgan fingerprint density at radius 1 is 1.50 bits per heavy atom. The molecule has 72 valence electrons. The number of aromatic nitrogens is 2. The zero-order valence-electron chi connectivity index (χ0n) is 6.75. The molecule has 0 atom stereocenters. The quantitative estimate of drug-likeness (QED) is 0.851. The highest BCUT2D eigenvalue weighted by Gasteiger charge is 2.08. The lowest BCUT2D eigenvalue weighted by Crippen LogP contribution is -1.95. The van der Waals surface area contributed by atoms with Crippen molar-refractivity contribution in [3.8, 4) is 11.4 Å². The SMILES string of the molecule is O=c1[nH]c(-c2ccc(F)cc2Br)no1. The van der Waals surface area contributed by atoms with Gasteiger partial charge in [0.25, 0.3) is 0 Å². The third-order valence-corrected chi connectivity index (χ3v) is 2.28. The van der Waals surface area contributed by atoms with E-state index in [0.717, 1.165) is 0 Å². The highest BCUT2D eigenvalue weighted by Crippen LogP contribution is 2.25. The molecular formula is C8H4BrFN2O2. The average molecular weight is 259 g/mol. The van der Waals surface area contributed by atoms with Crippen molar-refractivity contribution in [3.63, 3.8) is 0 Å². The third-order valence-electron chi connectivity index (χ3n) is 1.63. The predicted molar refractivity (Wildman–Crippen MR) is 50.2 cm³/mol. The third kappa shape index (κ3) is 1.60. The maximum Gasteiger partial charge on any atom is 0.439 e. The topological polar surface area (TPSA) is 58.9 Å². The highest BCUT2D eigenvalue weighted by atomic mass is 79.9. The van der Waals surface area contributed by atoms with Crippen molar-refractivity contribution in [2.24, 2.45) is 0 Å².